The molecule has 19 rings (SSSR count). The number of nitrogens with zero attached hydrogens (tertiary/aromatic N) is 4. The molecule has 0 unspecified atom stereocenters. The first-order chi connectivity index (χ1) is 45.1. The predicted octanol–water partition coefficient (Wildman–Crippen LogP) is 22.0. The Labute approximate surface area is 528 Å². The van der Waals surface area contributed by atoms with Gasteiger partial charge < -0.3 is 38.6 Å². The molecule has 0 spiro atoms. The fraction of sp³-hybridized carbons (Fsp3) is 0.0714. The van der Waals surface area contributed by atoms with Gasteiger partial charge in [0, 0.05) is 126 Å². The van der Waals surface area contributed by atoms with E-state index in [-0.39, 0.29) is 0 Å². The fourth-order valence-corrected chi connectivity index (χ4v) is 16.6. The summed E-state index contributed by atoms with van der Waals surface area (Å²) in [4.78, 5) is 0. The summed E-state index contributed by atoms with van der Waals surface area (Å²) in [5.41, 5.74) is 34.7. The number of nitrogens with two attached hydrogens (primary N) is 2. The smallest absolute Gasteiger partial charge is 0.136 e. The molecule has 8 heteroatoms. The van der Waals surface area contributed by atoms with E-state index < -0.39 is 11.1 Å². The van der Waals surface area contributed by atoms with Crippen molar-refractivity contribution in [1.29, 1.82) is 0 Å². The zero-order valence-electron chi connectivity index (χ0n) is 51.2. The van der Waals surface area contributed by atoms with E-state index in [1.807, 2.05) is 0 Å². The number of nitrogen functional groups attached to an aromatic ring is 2. The Balaban J connectivity index is 1.17. The molecule has 6 aromatic heterocycles. The average Bonchev–Trinajstić information content (AvgIpc) is 1.32. The van der Waals surface area contributed by atoms with Crippen LogP contribution in [-0.2, 0) is 11.1 Å². The van der Waals surface area contributed by atoms with Gasteiger partial charge in [-0.1, -0.05) is 182 Å². The molecule has 0 bridgehead atoms. The van der Waals surface area contributed by atoms with Crippen molar-refractivity contribution < 1.29 is 8.83 Å². The monoisotopic (exact) mass is 1180 g/mol. The van der Waals surface area contributed by atoms with Gasteiger partial charge in [0.25, 0.3) is 0 Å². The Morgan fingerprint density at radius 2 is 0.565 bits per heavy atom. The van der Waals surface area contributed by atoms with Crippen LogP contribution >= 0.6 is 0 Å². The maximum absolute atomic E-state index is 7.85. The summed E-state index contributed by atoms with van der Waals surface area (Å²) in [5, 5.41) is 13.3. The second-order valence-electron chi connectivity index (χ2n) is 25.8. The van der Waals surface area contributed by atoms with E-state index in [1.165, 1.54) is 21.5 Å². The molecular weight excluding hydrogens is 1120 g/mol. The van der Waals surface area contributed by atoms with Gasteiger partial charge in [-0.25, -0.2) is 0 Å². The first-order valence-corrected chi connectivity index (χ1v) is 31.7. The molecule has 13 aromatic carbocycles. The lowest BCUT2D eigenvalue weighted by Crippen LogP contribution is -2.35. The van der Waals surface area contributed by atoms with E-state index in [0.717, 1.165) is 154 Å². The van der Waals surface area contributed by atoms with E-state index in [1.54, 1.807) is 0 Å². The van der Waals surface area contributed by atoms with Crippen LogP contribution in [0.1, 0.15) is 38.8 Å². The highest BCUT2D eigenvalue weighted by atomic mass is 16.3. The van der Waals surface area contributed by atoms with Gasteiger partial charge in [0.2, 0.25) is 0 Å². The highest BCUT2D eigenvalue weighted by Crippen LogP contribution is 2.59. The SMILES string of the molecule is CC(C)(c1c(-c2ccccc2N)c(-n2c3ccccc3c3c4c(ccc32)oc2ccccc24)c(C(C)(C)n2c3ccccc3c3ccccc32)c(-n2c3ccccc3c3c4c(ccc32)oc2ccccc24)c1-c1ccccc1N)n1c2ccccc2c2ccccc21. The third-order valence-electron chi connectivity index (χ3n) is 20.2. The largest absolute Gasteiger partial charge is 0.456 e. The lowest BCUT2D eigenvalue weighted by atomic mass is 9.74. The Kier molecular flexibility index (Phi) is 10.7. The van der Waals surface area contributed by atoms with Crippen LogP contribution in [-0.4, -0.2) is 18.3 Å². The number of benzene rings is 13. The van der Waals surface area contributed by atoms with Crippen LogP contribution in [0.4, 0.5) is 11.4 Å². The molecule has 0 atom stereocenters. The number of hydrogen-bond acceptors (Lipinski definition) is 4. The van der Waals surface area contributed by atoms with Gasteiger partial charge in [-0.3, -0.25) is 0 Å². The molecule has 438 valence electrons. The van der Waals surface area contributed by atoms with Gasteiger partial charge in [-0.2, -0.15) is 0 Å². The van der Waals surface area contributed by atoms with Crippen LogP contribution in [0.2, 0.25) is 0 Å². The number of para-hydroxylation sites is 10. The molecule has 0 aliphatic rings. The molecule has 0 aliphatic carbocycles. The predicted molar refractivity (Wildman–Crippen MR) is 385 cm³/mol. The summed E-state index contributed by atoms with van der Waals surface area (Å²) < 4.78 is 24.1. The molecular formula is C84H60N6O2. The zero-order valence-corrected chi connectivity index (χ0v) is 51.2. The fourth-order valence-electron chi connectivity index (χ4n) is 16.6. The van der Waals surface area contributed by atoms with Crippen molar-refractivity contribution >= 4 is 142 Å². The molecule has 0 aliphatic heterocycles. The summed E-state index contributed by atoms with van der Waals surface area (Å²) in [6, 6.07) is 96.4. The number of fused-ring (bicyclic) bond motifs is 20. The van der Waals surface area contributed by atoms with Crippen molar-refractivity contribution in [2.75, 3.05) is 11.5 Å². The van der Waals surface area contributed by atoms with Gasteiger partial charge in [0.15, 0.2) is 0 Å². The standard InChI is InChI=1S/C84H60N6O2/c1-83(2,89-63-39-19-7-25-49(63)50-26-8-20-40-64(50)89)79-77(53-29-5-15-35-59(53)85)81(87-61-37-17-11-31-55(61)73-67(87)45-47-71-75(73)57-33-13-23-43-69(57)91-71)80(84(3,4)90-65-41-21-9-27-51(65)52-28-10-22-42-66(52)90)82(78(79)54-30-6-16-36-60(54)86)88-62-38-18-12-32-56(62)74-68(88)46-48-72-76(74)58-34-14-24-44-70(58)92-72/h5-48H,85-86H2,1-4H3. The van der Waals surface area contributed by atoms with Crippen molar-refractivity contribution in [2.45, 2.75) is 38.8 Å². The van der Waals surface area contributed by atoms with Crippen LogP contribution in [0.25, 0.3) is 165 Å². The van der Waals surface area contributed by atoms with Gasteiger partial charge >= 0.3 is 0 Å². The molecule has 0 radical (unpaired) electrons. The minimum absolute atomic E-state index is 0.642. The maximum Gasteiger partial charge on any atom is 0.136 e. The normalized spacial score (nSPS) is 12.7. The lowest BCUT2D eigenvalue weighted by Gasteiger charge is -2.42. The van der Waals surface area contributed by atoms with Crippen LogP contribution in [0.3, 0.4) is 0 Å². The van der Waals surface area contributed by atoms with Crippen molar-refractivity contribution in [3.05, 3.63) is 278 Å². The molecule has 4 N–H and O–H groups in total. The third kappa shape index (κ3) is 6.90. The molecule has 8 nitrogen and oxygen atoms in total. The number of aromatic nitrogens is 4. The van der Waals surface area contributed by atoms with Crippen LogP contribution < -0.4 is 11.5 Å². The molecule has 0 amide bonds. The lowest BCUT2D eigenvalue weighted by molar-refractivity contribution is 0.455. The Hall–Kier alpha value is -11.7. The van der Waals surface area contributed by atoms with E-state index >= 15 is 0 Å². The summed E-state index contributed by atoms with van der Waals surface area (Å²) in [5.74, 6) is 0. The highest BCUT2D eigenvalue weighted by molar-refractivity contribution is 6.29. The summed E-state index contributed by atoms with van der Waals surface area (Å²) >= 11 is 0. The van der Waals surface area contributed by atoms with E-state index in [9.17, 15) is 0 Å². The minimum Gasteiger partial charge on any atom is -0.456 e. The van der Waals surface area contributed by atoms with Crippen molar-refractivity contribution in [2.24, 2.45) is 0 Å². The molecule has 0 fully saturated rings. The summed E-state index contributed by atoms with van der Waals surface area (Å²) in [6.45, 7) is 9.71. The van der Waals surface area contributed by atoms with Crippen molar-refractivity contribution in [1.82, 2.24) is 18.3 Å². The quantitative estimate of drug-likeness (QED) is 0.148. The highest BCUT2D eigenvalue weighted by Gasteiger charge is 2.44. The zero-order chi connectivity index (χ0) is 61.5. The molecule has 0 saturated carbocycles. The Morgan fingerprint density at radius 3 is 0.946 bits per heavy atom. The third-order valence-corrected chi connectivity index (χ3v) is 20.2. The second-order valence-corrected chi connectivity index (χ2v) is 25.8. The number of anilines is 2. The Morgan fingerprint density at radius 1 is 0.261 bits per heavy atom. The summed E-state index contributed by atoms with van der Waals surface area (Å²) in [6.07, 6.45) is 0. The van der Waals surface area contributed by atoms with Crippen molar-refractivity contribution in [3.63, 3.8) is 0 Å². The first kappa shape index (κ1) is 52.2. The minimum atomic E-state index is -0.978. The molecule has 0 saturated heterocycles. The Bertz CT molecular complexity index is 6000. The van der Waals surface area contributed by atoms with Gasteiger partial charge in [0.05, 0.1) is 44.5 Å². The number of furan rings is 2. The second kappa shape index (κ2) is 18.9. The average molecular weight is 1190 g/mol. The maximum atomic E-state index is 7.85. The molecule has 19 aromatic rings. The summed E-state index contributed by atoms with van der Waals surface area (Å²) in [7, 11) is 0. The van der Waals surface area contributed by atoms with Crippen LogP contribution in [0.15, 0.2) is 276 Å². The topological polar surface area (TPSA) is 98.0 Å². The van der Waals surface area contributed by atoms with E-state index in [0.29, 0.717) is 11.4 Å². The van der Waals surface area contributed by atoms with E-state index in [4.69, 9.17) is 20.3 Å². The van der Waals surface area contributed by atoms with E-state index in [2.05, 4.69) is 313 Å². The molecule has 6 heterocycles. The van der Waals surface area contributed by atoms with Crippen LogP contribution in [0, 0.1) is 0 Å². The van der Waals surface area contributed by atoms with Crippen LogP contribution in [0.5, 0.6) is 0 Å². The van der Waals surface area contributed by atoms with Gasteiger partial charge in [-0.15, -0.1) is 0 Å². The van der Waals surface area contributed by atoms with Crippen molar-refractivity contribution in [3.8, 4) is 33.6 Å². The van der Waals surface area contributed by atoms with Gasteiger partial charge in [-0.05, 0) is 118 Å². The van der Waals surface area contributed by atoms with Gasteiger partial charge in [0.1, 0.15) is 22.3 Å². The number of rotatable bonds is 8. The first-order valence-electron chi connectivity index (χ1n) is 31.7. The molecule has 92 heavy (non-hydrogen) atoms. The number of hydrogen-bond donors (Lipinski definition) is 2.